The average Bonchev–Trinajstić information content (AvgIpc) is 3.02. The number of hydrogen-bond donors (Lipinski definition) is 1. The van der Waals surface area contributed by atoms with Crippen LogP contribution < -0.4 is 10.1 Å². The molecule has 6 nitrogen and oxygen atoms in total. The summed E-state index contributed by atoms with van der Waals surface area (Å²) in [7, 11) is 0. The molecule has 1 heterocycles. The molecule has 3 rings (SSSR count). The highest BCUT2D eigenvalue weighted by atomic mass is 32.2. The molecule has 162 valence electrons. The van der Waals surface area contributed by atoms with Crippen molar-refractivity contribution in [3.8, 4) is 5.75 Å². The van der Waals surface area contributed by atoms with Crippen molar-refractivity contribution in [1.82, 2.24) is 4.90 Å². The van der Waals surface area contributed by atoms with E-state index in [9.17, 15) is 14.4 Å². The van der Waals surface area contributed by atoms with E-state index in [-0.39, 0.29) is 29.7 Å². The van der Waals surface area contributed by atoms with E-state index in [2.05, 4.69) is 5.32 Å². The number of amides is 3. The Morgan fingerprint density at radius 1 is 1.16 bits per heavy atom. The molecule has 7 heteroatoms. The van der Waals surface area contributed by atoms with E-state index in [4.69, 9.17) is 4.74 Å². The maximum absolute atomic E-state index is 12.6. The molecule has 0 bridgehead atoms. The SMILES string of the molecule is CCC(C)N1C(=O)SC(=Cc2cccc(OCC(=O)Nc3ccc(C)c(C)c3)c2)C1=O. The van der Waals surface area contributed by atoms with Gasteiger partial charge in [-0.05, 0) is 86.0 Å². The summed E-state index contributed by atoms with van der Waals surface area (Å²) in [6.45, 7) is 7.67. The molecule has 2 aromatic rings. The standard InChI is InChI=1S/C24H26N2O4S/c1-5-17(4)26-23(28)21(31-24(26)29)13-18-7-6-8-20(12-18)30-14-22(27)25-19-10-9-15(2)16(3)11-19/h6-13,17H,5,14H2,1-4H3,(H,25,27). The molecule has 2 aromatic carbocycles. The molecule has 1 unspecified atom stereocenters. The number of nitrogens with zero attached hydrogens (tertiary/aromatic N) is 1. The molecule has 1 aliphatic heterocycles. The molecule has 1 saturated heterocycles. The number of aryl methyl sites for hydroxylation is 2. The smallest absolute Gasteiger partial charge is 0.293 e. The average molecular weight is 439 g/mol. The second kappa shape index (κ2) is 9.83. The van der Waals surface area contributed by atoms with Gasteiger partial charge >= 0.3 is 0 Å². The summed E-state index contributed by atoms with van der Waals surface area (Å²) in [5.74, 6) is -0.0306. The Balaban J connectivity index is 1.63. The van der Waals surface area contributed by atoms with E-state index in [0.717, 1.165) is 34.1 Å². The molecule has 1 fully saturated rings. The maximum atomic E-state index is 12.6. The number of carbonyl (C=O) groups is 3. The first-order valence-electron chi connectivity index (χ1n) is 10.2. The molecule has 0 radical (unpaired) electrons. The monoisotopic (exact) mass is 438 g/mol. The number of carbonyl (C=O) groups excluding carboxylic acids is 3. The van der Waals surface area contributed by atoms with Crippen LogP contribution in [0, 0.1) is 13.8 Å². The molecule has 0 aliphatic carbocycles. The van der Waals surface area contributed by atoms with Crippen LogP contribution in [0.1, 0.15) is 37.0 Å². The number of rotatable bonds is 7. The van der Waals surface area contributed by atoms with Crippen molar-refractivity contribution in [1.29, 1.82) is 0 Å². The van der Waals surface area contributed by atoms with Gasteiger partial charge in [0.1, 0.15) is 5.75 Å². The van der Waals surface area contributed by atoms with Gasteiger partial charge in [0.25, 0.3) is 17.1 Å². The maximum Gasteiger partial charge on any atom is 0.293 e. The van der Waals surface area contributed by atoms with Crippen LogP contribution in [0.4, 0.5) is 10.5 Å². The summed E-state index contributed by atoms with van der Waals surface area (Å²) in [5.41, 5.74) is 3.71. The molecular weight excluding hydrogens is 412 g/mol. The summed E-state index contributed by atoms with van der Waals surface area (Å²) in [6, 6.07) is 12.7. The Labute approximate surface area is 186 Å². The first-order valence-corrected chi connectivity index (χ1v) is 11.0. The summed E-state index contributed by atoms with van der Waals surface area (Å²) in [6.07, 6.45) is 2.38. The Kier molecular flexibility index (Phi) is 7.17. The highest BCUT2D eigenvalue weighted by Gasteiger charge is 2.37. The summed E-state index contributed by atoms with van der Waals surface area (Å²) >= 11 is 0.941. The fourth-order valence-corrected chi connectivity index (χ4v) is 3.98. The molecular formula is C24H26N2O4S. The van der Waals surface area contributed by atoms with Crippen molar-refractivity contribution >= 4 is 40.6 Å². The lowest BCUT2D eigenvalue weighted by Crippen LogP contribution is -2.36. The molecule has 1 aliphatic rings. The van der Waals surface area contributed by atoms with Gasteiger partial charge < -0.3 is 10.1 Å². The van der Waals surface area contributed by atoms with Crippen molar-refractivity contribution in [2.45, 2.75) is 40.2 Å². The number of benzene rings is 2. The molecule has 1 N–H and O–H groups in total. The van der Waals surface area contributed by atoms with Crippen LogP contribution in [0.5, 0.6) is 5.75 Å². The second-order valence-corrected chi connectivity index (χ2v) is 8.51. The normalized spacial score (nSPS) is 16.0. The van der Waals surface area contributed by atoms with Crippen LogP contribution in [0.25, 0.3) is 6.08 Å². The lowest BCUT2D eigenvalue weighted by atomic mass is 10.1. The van der Waals surface area contributed by atoms with E-state index >= 15 is 0 Å². The zero-order valence-electron chi connectivity index (χ0n) is 18.1. The number of hydrogen-bond acceptors (Lipinski definition) is 5. The van der Waals surface area contributed by atoms with Crippen LogP contribution in [0.3, 0.4) is 0 Å². The van der Waals surface area contributed by atoms with Crippen LogP contribution in [0.2, 0.25) is 0 Å². The van der Waals surface area contributed by atoms with Gasteiger partial charge in [0.2, 0.25) is 0 Å². The fourth-order valence-electron chi connectivity index (χ4n) is 3.05. The van der Waals surface area contributed by atoms with Crippen molar-refractivity contribution in [3.05, 3.63) is 64.1 Å². The van der Waals surface area contributed by atoms with Crippen LogP contribution in [0.15, 0.2) is 47.4 Å². The summed E-state index contributed by atoms with van der Waals surface area (Å²) in [4.78, 5) is 38.6. The van der Waals surface area contributed by atoms with Gasteiger partial charge in [0.05, 0.1) is 4.91 Å². The van der Waals surface area contributed by atoms with Gasteiger partial charge in [-0.2, -0.15) is 0 Å². The third kappa shape index (κ3) is 5.55. The van der Waals surface area contributed by atoms with Crippen molar-refractivity contribution in [2.24, 2.45) is 0 Å². The largest absolute Gasteiger partial charge is 0.484 e. The van der Waals surface area contributed by atoms with E-state index in [1.807, 2.05) is 52.0 Å². The molecule has 31 heavy (non-hydrogen) atoms. The number of ether oxygens (including phenoxy) is 1. The highest BCUT2D eigenvalue weighted by molar-refractivity contribution is 8.18. The van der Waals surface area contributed by atoms with Gasteiger partial charge in [-0.3, -0.25) is 19.3 Å². The fraction of sp³-hybridized carbons (Fsp3) is 0.292. The minimum Gasteiger partial charge on any atom is -0.484 e. The number of anilines is 1. The second-order valence-electron chi connectivity index (χ2n) is 7.52. The Bertz CT molecular complexity index is 1050. The summed E-state index contributed by atoms with van der Waals surface area (Å²) < 4.78 is 5.61. The van der Waals surface area contributed by atoms with Gasteiger partial charge in [0, 0.05) is 11.7 Å². The zero-order chi connectivity index (χ0) is 22.5. The van der Waals surface area contributed by atoms with Crippen LogP contribution in [-0.4, -0.2) is 34.6 Å². The quantitative estimate of drug-likeness (QED) is 0.605. The lowest BCUT2D eigenvalue weighted by molar-refractivity contribution is -0.124. The van der Waals surface area contributed by atoms with Gasteiger partial charge in [-0.1, -0.05) is 25.1 Å². The van der Waals surface area contributed by atoms with E-state index in [0.29, 0.717) is 17.1 Å². The predicted octanol–water partition coefficient (Wildman–Crippen LogP) is 5.16. The third-order valence-electron chi connectivity index (χ3n) is 5.17. The van der Waals surface area contributed by atoms with Crippen molar-refractivity contribution in [2.75, 3.05) is 11.9 Å². The third-order valence-corrected chi connectivity index (χ3v) is 6.06. The Morgan fingerprint density at radius 2 is 1.94 bits per heavy atom. The number of nitrogens with one attached hydrogen (secondary N) is 1. The minimum absolute atomic E-state index is 0.135. The number of imide groups is 1. The van der Waals surface area contributed by atoms with Crippen molar-refractivity contribution < 1.29 is 19.1 Å². The lowest BCUT2D eigenvalue weighted by Gasteiger charge is -2.19. The Hall–Kier alpha value is -3.06. The first kappa shape index (κ1) is 22.6. The van der Waals surface area contributed by atoms with Gasteiger partial charge in [-0.15, -0.1) is 0 Å². The van der Waals surface area contributed by atoms with Gasteiger partial charge in [-0.25, -0.2) is 0 Å². The summed E-state index contributed by atoms with van der Waals surface area (Å²) in [5, 5.41) is 2.57. The molecule has 0 saturated carbocycles. The van der Waals surface area contributed by atoms with Crippen molar-refractivity contribution in [3.63, 3.8) is 0 Å². The molecule has 0 spiro atoms. The highest BCUT2D eigenvalue weighted by Crippen LogP contribution is 2.34. The minimum atomic E-state index is -0.275. The molecule has 1 atom stereocenters. The van der Waals surface area contributed by atoms with E-state index in [1.54, 1.807) is 24.3 Å². The van der Waals surface area contributed by atoms with E-state index < -0.39 is 0 Å². The molecule has 0 aromatic heterocycles. The Morgan fingerprint density at radius 3 is 2.65 bits per heavy atom. The molecule has 3 amide bonds. The van der Waals surface area contributed by atoms with Gasteiger partial charge in [0.15, 0.2) is 6.61 Å². The number of thioether (sulfide) groups is 1. The topological polar surface area (TPSA) is 75.7 Å². The van der Waals surface area contributed by atoms with E-state index in [1.165, 1.54) is 4.90 Å². The van der Waals surface area contributed by atoms with Crippen LogP contribution >= 0.6 is 11.8 Å². The van der Waals surface area contributed by atoms with Crippen LogP contribution in [-0.2, 0) is 9.59 Å². The predicted molar refractivity (Wildman–Crippen MR) is 124 cm³/mol. The first-order chi connectivity index (χ1) is 14.8. The zero-order valence-corrected chi connectivity index (χ0v) is 18.9.